The number of methoxy groups -OCH3 is 2. The SMILES string of the molecule is COc1cccc(-c2cnnc(N3CCN(c4ccccc4OC)CC3)n2)c1. The first-order chi connectivity index (χ1) is 13.8. The van der Waals surface area contributed by atoms with Gasteiger partial charge in [-0.1, -0.05) is 24.3 Å². The van der Waals surface area contributed by atoms with Crippen LogP contribution in [0.4, 0.5) is 11.6 Å². The molecule has 1 aliphatic rings. The van der Waals surface area contributed by atoms with Crippen molar-refractivity contribution in [3.63, 3.8) is 0 Å². The van der Waals surface area contributed by atoms with Crippen molar-refractivity contribution < 1.29 is 9.47 Å². The first kappa shape index (κ1) is 18.0. The molecule has 0 bridgehead atoms. The zero-order valence-corrected chi connectivity index (χ0v) is 16.1. The molecule has 0 unspecified atom stereocenters. The minimum absolute atomic E-state index is 0.653. The lowest BCUT2D eigenvalue weighted by Gasteiger charge is -2.36. The van der Waals surface area contributed by atoms with Gasteiger partial charge in [0, 0.05) is 31.7 Å². The topological polar surface area (TPSA) is 63.6 Å². The summed E-state index contributed by atoms with van der Waals surface area (Å²) in [5.74, 6) is 2.34. The van der Waals surface area contributed by atoms with Gasteiger partial charge in [0.2, 0.25) is 5.95 Å². The lowest BCUT2D eigenvalue weighted by molar-refractivity contribution is 0.413. The van der Waals surface area contributed by atoms with Crippen LogP contribution in [0.5, 0.6) is 11.5 Å². The highest BCUT2D eigenvalue weighted by Gasteiger charge is 2.21. The van der Waals surface area contributed by atoms with Crippen molar-refractivity contribution >= 4 is 11.6 Å². The first-order valence-electron chi connectivity index (χ1n) is 9.25. The molecule has 0 radical (unpaired) electrons. The summed E-state index contributed by atoms with van der Waals surface area (Å²) in [7, 11) is 3.36. The van der Waals surface area contributed by atoms with Crippen LogP contribution in [0.2, 0.25) is 0 Å². The third kappa shape index (κ3) is 3.69. The number of piperazine rings is 1. The Morgan fingerprint density at radius 3 is 2.43 bits per heavy atom. The zero-order valence-electron chi connectivity index (χ0n) is 16.1. The fourth-order valence-electron chi connectivity index (χ4n) is 3.39. The number of benzene rings is 2. The van der Waals surface area contributed by atoms with E-state index in [1.807, 2.05) is 42.5 Å². The molecule has 0 aliphatic carbocycles. The van der Waals surface area contributed by atoms with E-state index in [0.717, 1.165) is 54.6 Å². The molecule has 7 nitrogen and oxygen atoms in total. The Bertz CT molecular complexity index is 941. The van der Waals surface area contributed by atoms with Gasteiger partial charge in [-0.3, -0.25) is 0 Å². The van der Waals surface area contributed by atoms with Gasteiger partial charge in [-0.05, 0) is 24.3 Å². The first-order valence-corrected chi connectivity index (χ1v) is 9.25. The molecule has 1 aliphatic heterocycles. The summed E-state index contributed by atoms with van der Waals surface area (Å²) in [6, 6.07) is 15.9. The summed E-state index contributed by atoms with van der Waals surface area (Å²) in [6.07, 6.45) is 1.68. The van der Waals surface area contributed by atoms with Crippen molar-refractivity contribution in [2.24, 2.45) is 0 Å². The number of aromatic nitrogens is 3. The minimum Gasteiger partial charge on any atom is -0.497 e. The summed E-state index contributed by atoms with van der Waals surface area (Å²) in [6.45, 7) is 3.38. The number of hydrogen-bond donors (Lipinski definition) is 0. The maximum absolute atomic E-state index is 5.49. The normalized spacial score (nSPS) is 14.1. The van der Waals surface area contributed by atoms with Gasteiger partial charge >= 0.3 is 0 Å². The average Bonchev–Trinajstić information content (AvgIpc) is 2.79. The standard InChI is InChI=1S/C21H23N5O2/c1-27-17-7-5-6-16(14-17)18-15-22-24-21(23-18)26-12-10-25(11-13-26)19-8-3-4-9-20(19)28-2/h3-9,14-15H,10-13H2,1-2H3. The second-order valence-corrected chi connectivity index (χ2v) is 6.52. The molecule has 0 atom stereocenters. The van der Waals surface area contributed by atoms with E-state index in [9.17, 15) is 0 Å². The molecule has 144 valence electrons. The number of ether oxygens (including phenoxy) is 2. The van der Waals surface area contributed by atoms with E-state index in [2.05, 4.69) is 26.1 Å². The predicted octanol–water partition coefficient (Wildman–Crippen LogP) is 2.88. The molecule has 0 saturated carbocycles. The Morgan fingerprint density at radius 1 is 0.857 bits per heavy atom. The number of hydrogen-bond acceptors (Lipinski definition) is 7. The van der Waals surface area contributed by atoms with Gasteiger partial charge in [-0.15, -0.1) is 5.10 Å². The quantitative estimate of drug-likeness (QED) is 0.677. The number of rotatable bonds is 5. The van der Waals surface area contributed by atoms with Gasteiger partial charge < -0.3 is 19.3 Å². The Labute approximate surface area is 164 Å². The Balaban J connectivity index is 1.49. The lowest BCUT2D eigenvalue weighted by Crippen LogP contribution is -2.47. The highest BCUT2D eigenvalue weighted by atomic mass is 16.5. The minimum atomic E-state index is 0.653. The highest BCUT2D eigenvalue weighted by Crippen LogP contribution is 2.29. The molecular formula is C21H23N5O2. The third-order valence-corrected chi connectivity index (χ3v) is 4.90. The molecule has 2 heterocycles. The zero-order chi connectivity index (χ0) is 19.3. The van der Waals surface area contributed by atoms with E-state index in [4.69, 9.17) is 14.5 Å². The Kier molecular flexibility index (Phi) is 5.23. The van der Waals surface area contributed by atoms with Crippen molar-refractivity contribution in [1.29, 1.82) is 0 Å². The molecule has 0 N–H and O–H groups in total. The number of nitrogens with zero attached hydrogens (tertiary/aromatic N) is 5. The molecule has 1 aromatic heterocycles. The van der Waals surface area contributed by atoms with Crippen LogP contribution in [0.15, 0.2) is 54.7 Å². The van der Waals surface area contributed by atoms with Crippen molar-refractivity contribution in [3.05, 3.63) is 54.7 Å². The molecular weight excluding hydrogens is 354 g/mol. The van der Waals surface area contributed by atoms with Gasteiger partial charge in [-0.25, -0.2) is 4.98 Å². The predicted molar refractivity (Wildman–Crippen MR) is 109 cm³/mol. The summed E-state index contributed by atoms with van der Waals surface area (Å²) in [5.41, 5.74) is 2.87. The summed E-state index contributed by atoms with van der Waals surface area (Å²) in [5, 5.41) is 8.42. The summed E-state index contributed by atoms with van der Waals surface area (Å²) < 4.78 is 10.8. The average molecular weight is 377 g/mol. The van der Waals surface area contributed by atoms with Gasteiger partial charge in [-0.2, -0.15) is 5.10 Å². The molecule has 0 spiro atoms. The second-order valence-electron chi connectivity index (χ2n) is 6.52. The maximum atomic E-state index is 5.49. The van der Waals surface area contributed by atoms with Crippen LogP contribution in [0.25, 0.3) is 11.3 Å². The van der Waals surface area contributed by atoms with E-state index < -0.39 is 0 Å². The monoisotopic (exact) mass is 377 g/mol. The van der Waals surface area contributed by atoms with E-state index in [-0.39, 0.29) is 0 Å². The fraction of sp³-hybridized carbons (Fsp3) is 0.286. The molecule has 3 aromatic rings. The lowest BCUT2D eigenvalue weighted by atomic mass is 10.1. The van der Waals surface area contributed by atoms with Gasteiger partial charge in [0.25, 0.3) is 0 Å². The van der Waals surface area contributed by atoms with Crippen LogP contribution < -0.4 is 19.3 Å². The van der Waals surface area contributed by atoms with Crippen LogP contribution in [0.3, 0.4) is 0 Å². The molecule has 4 rings (SSSR count). The van der Waals surface area contributed by atoms with Gasteiger partial charge in [0.15, 0.2) is 0 Å². The molecule has 2 aromatic carbocycles. The Hall–Kier alpha value is -3.35. The van der Waals surface area contributed by atoms with Gasteiger partial charge in [0.1, 0.15) is 11.5 Å². The van der Waals surface area contributed by atoms with Crippen molar-refractivity contribution in [3.8, 4) is 22.8 Å². The molecule has 28 heavy (non-hydrogen) atoms. The van der Waals surface area contributed by atoms with Crippen molar-refractivity contribution in [2.45, 2.75) is 0 Å². The van der Waals surface area contributed by atoms with Crippen LogP contribution in [0.1, 0.15) is 0 Å². The van der Waals surface area contributed by atoms with Crippen LogP contribution >= 0.6 is 0 Å². The van der Waals surface area contributed by atoms with E-state index in [0.29, 0.717) is 5.95 Å². The summed E-state index contributed by atoms with van der Waals surface area (Å²) >= 11 is 0. The number of anilines is 2. The molecule has 0 amide bonds. The third-order valence-electron chi connectivity index (χ3n) is 4.90. The largest absolute Gasteiger partial charge is 0.497 e. The summed E-state index contributed by atoms with van der Waals surface area (Å²) in [4.78, 5) is 9.22. The maximum Gasteiger partial charge on any atom is 0.246 e. The van der Waals surface area contributed by atoms with Crippen LogP contribution in [-0.4, -0.2) is 55.6 Å². The fourth-order valence-corrected chi connectivity index (χ4v) is 3.39. The van der Waals surface area contributed by atoms with Crippen LogP contribution in [0, 0.1) is 0 Å². The number of para-hydroxylation sites is 2. The molecule has 1 fully saturated rings. The van der Waals surface area contributed by atoms with Gasteiger partial charge in [0.05, 0.1) is 31.8 Å². The molecule has 1 saturated heterocycles. The highest BCUT2D eigenvalue weighted by molar-refractivity contribution is 5.62. The van der Waals surface area contributed by atoms with E-state index in [1.165, 1.54) is 0 Å². The second kappa shape index (κ2) is 8.12. The van der Waals surface area contributed by atoms with E-state index in [1.54, 1.807) is 20.4 Å². The van der Waals surface area contributed by atoms with Crippen LogP contribution in [-0.2, 0) is 0 Å². The smallest absolute Gasteiger partial charge is 0.246 e. The Morgan fingerprint density at radius 2 is 1.64 bits per heavy atom. The van der Waals surface area contributed by atoms with Crippen molar-refractivity contribution in [1.82, 2.24) is 15.2 Å². The van der Waals surface area contributed by atoms with E-state index >= 15 is 0 Å². The molecule has 7 heteroatoms. The van der Waals surface area contributed by atoms with Crippen molar-refractivity contribution in [2.75, 3.05) is 50.2 Å².